The number of carbonyl (C=O) groups excluding carboxylic acids is 3. The van der Waals surface area contributed by atoms with E-state index >= 15 is 0 Å². The van der Waals surface area contributed by atoms with E-state index in [0.717, 1.165) is 18.2 Å². The Labute approximate surface area is 247 Å². The van der Waals surface area contributed by atoms with Crippen LogP contribution in [0.25, 0.3) is 11.4 Å². The number of amides is 2. The second kappa shape index (κ2) is 12.9. The minimum Gasteiger partial charge on any atom is -0.345 e. The average molecular weight is 588 g/mol. The number of likely N-dealkylation sites (N-methyl/N-ethyl adjacent to an activating group) is 1. The summed E-state index contributed by atoms with van der Waals surface area (Å²) in [4.78, 5) is 60.7. The highest BCUT2D eigenvalue weighted by Gasteiger charge is 2.22. The highest BCUT2D eigenvalue weighted by atomic mass is 19.1. The molecule has 0 aliphatic carbocycles. The Hall–Kier alpha value is -5.03. The van der Waals surface area contributed by atoms with E-state index in [0.29, 0.717) is 22.3 Å². The molecule has 0 fully saturated rings. The van der Waals surface area contributed by atoms with Gasteiger partial charge in [0.1, 0.15) is 23.1 Å². The molecular weight excluding hydrogens is 556 g/mol. The summed E-state index contributed by atoms with van der Waals surface area (Å²) in [5.41, 5.74) is 1.31. The number of aromatic amines is 1. The van der Waals surface area contributed by atoms with Gasteiger partial charge in [-0.2, -0.15) is 0 Å². The van der Waals surface area contributed by atoms with E-state index in [4.69, 9.17) is 0 Å². The molecule has 3 aromatic carbocycles. The molecule has 11 heteroatoms. The van der Waals surface area contributed by atoms with Crippen LogP contribution in [0, 0.1) is 18.6 Å². The molecule has 9 nitrogen and oxygen atoms in total. The monoisotopic (exact) mass is 587 g/mol. The number of anilines is 1. The number of aromatic nitrogens is 2. The third-order valence-corrected chi connectivity index (χ3v) is 6.99. The molecule has 3 N–H and O–H groups in total. The number of ketones is 1. The Kier molecular flexibility index (Phi) is 9.25. The van der Waals surface area contributed by atoms with Gasteiger partial charge in [0.2, 0.25) is 5.91 Å². The van der Waals surface area contributed by atoms with Crippen LogP contribution in [0.2, 0.25) is 0 Å². The van der Waals surface area contributed by atoms with Crippen LogP contribution in [-0.4, -0.2) is 59.7 Å². The smallest absolute Gasteiger partial charge is 0.275 e. The number of nitrogens with zero attached hydrogens (tertiary/aromatic N) is 2. The maximum atomic E-state index is 14.8. The summed E-state index contributed by atoms with van der Waals surface area (Å²) in [7, 11) is 4.85. The first-order chi connectivity index (χ1) is 20.4. The first-order valence-corrected chi connectivity index (χ1v) is 13.4. The summed E-state index contributed by atoms with van der Waals surface area (Å²) < 4.78 is 28.2. The van der Waals surface area contributed by atoms with Crippen molar-refractivity contribution in [2.24, 2.45) is 0 Å². The third kappa shape index (κ3) is 6.90. The summed E-state index contributed by atoms with van der Waals surface area (Å²) in [5.74, 6) is -2.32. The van der Waals surface area contributed by atoms with Crippen LogP contribution >= 0.6 is 0 Å². The van der Waals surface area contributed by atoms with Gasteiger partial charge >= 0.3 is 0 Å². The molecule has 0 aliphatic rings. The molecule has 0 aliphatic heterocycles. The molecule has 1 heterocycles. The molecule has 2 amide bonds. The van der Waals surface area contributed by atoms with Crippen molar-refractivity contribution in [2.45, 2.75) is 26.3 Å². The van der Waals surface area contributed by atoms with E-state index in [1.165, 1.54) is 29.2 Å². The summed E-state index contributed by atoms with van der Waals surface area (Å²) in [6.45, 7) is 3.34. The first-order valence-electron chi connectivity index (χ1n) is 13.4. The van der Waals surface area contributed by atoms with Crippen molar-refractivity contribution in [3.63, 3.8) is 0 Å². The number of H-pyrrole nitrogens is 1. The number of benzene rings is 3. The van der Waals surface area contributed by atoms with Crippen LogP contribution < -0.4 is 16.2 Å². The summed E-state index contributed by atoms with van der Waals surface area (Å²) in [5, 5.41) is 5.41. The minimum absolute atomic E-state index is 0.0202. The van der Waals surface area contributed by atoms with E-state index in [1.807, 2.05) is 0 Å². The summed E-state index contributed by atoms with van der Waals surface area (Å²) in [6.07, 6.45) is -0.128. The summed E-state index contributed by atoms with van der Waals surface area (Å²) >= 11 is 0. The largest absolute Gasteiger partial charge is 0.345 e. The minimum atomic E-state index is -0.701. The first kappa shape index (κ1) is 30.9. The SMILES string of the molecule is CN[C@@H](C)C(=O)Nc1c(Cc2cc(F)cc(C(=O)c3ccc(F)cc3)c2)nc(-c2cccc(C(=O)N(C)C)c2C)[nH]c1=O. The lowest BCUT2D eigenvalue weighted by Crippen LogP contribution is -2.37. The van der Waals surface area contributed by atoms with Gasteiger partial charge in [-0.1, -0.05) is 12.1 Å². The van der Waals surface area contributed by atoms with Crippen LogP contribution in [0.3, 0.4) is 0 Å². The second-order valence-electron chi connectivity index (χ2n) is 10.3. The van der Waals surface area contributed by atoms with Crippen molar-refractivity contribution in [3.8, 4) is 11.4 Å². The van der Waals surface area contributed by atoms with E-state index < -0.39 is 34.9 Å². The molecule has 0 radical (unpaired) electrons. The summed E-state index contributed by atoms with van der Waals surface area (Å²) in [6, 6.07) is 13.0. The maximum Gasteiger partial charge on any atom is 0.275 e. The molecule has 1 aromatic heterocycles. The van der Waals surface area contributed by atoms with E-state index in [-0.39, 0.29) is 40.7 Å². The van der Waals surface area contributed by atoms with Gasteiger partial charge in [0.15, 0.2) is 5.78 Å². The molecule has 43 heavy (non-hydrogen) atoms. The van der Waals surface area contributed by atoms with Gasteiger partial charge in [0.05, 0.1) is 11.7 Å². The van der Waals surface area contributed by atoms with Crippen molar-refractivity contribution >= 4 is 23.3 Å². The van der Waals surface area contributed by atoms with Crippen LogP contribution in [0.5, 0.6) is 0 Å². The van der Waals surface area contributed by atoms with Crippen molar-refractivity contribution < 1.29 is 23.2 Å². The predicted octanol–water partition coefficient (Wildman–Crippen LogP) is 4.09. The number of rotatable bonds is 9. The Bertz CT molecular complexity index is 1770. The topological polar surface area (TPSA) is 124 Å². The predicted molar refractivity (Wildman–Crippen MR) is 159 cm³/mol. The van der Waals surface area contributed by atoms with Crippen molar-refractivity contribution in [2.75, 3.05) is 26.5 Å². The number of halogens is 2. The van der Waals surface area contributed by atoms with Gasteiger partial charge < -0.3 is 20.5 Å². The highest BCUT2D eigenvalue weighted by molar-refractivity contribution is 6.09. The molecule has 0 saturated carbocycles. The highest BCUT2D eigenvalue weighted by Crippen LogP contribution is 2.26. The molecular formula is C32H31F2N5O4. The fourth-order valence-corrected chi connectivity index (χ4v) is 4.48. The van der Waals surface area contributed by atoms with Crippen LogP contribution in [0.1, 0.15) is 50.0 Å². The van der Waals surface area contributed by atoms with Crippen LogP contribution in [0.15, 0.2) is 65.5 Å². The van der Waals surface area contributed by atoms with Crippen molar-refractivity contribution in [1.29, 1.82) is 0 Å². The molecule has 1 atom stereocenters. The lowest BCUT2D eigenvalue weighted by Gasteiger charge is -2.17. The quantitative estimate of drug-likeness (QED) is 0.254. The number of hydrogen-bond donors (Lipinski definition) is 3. The molecule has 222 valence electrons. The maximum absolute atomic E-state index is 14.8. The second-order valence-corrected chi connectivity index (χ2v) is 10.3. The van der Waals surface area contributed by atoms with E-state index in [9.17, 15) is 28.0 Å². The molecule has 0 bridgehead atoms. The normalized spacial score (nSPS) is 11.6. The molecule has 0 unspecified atom stereocenters. The van der Waals surface area contributed by atoms with E-state index in [2.05, 4.69) is 20.6 Å². The Morgan fingerprint density at radius 3 is 2.33 bits per heavy atom. The van der Waals surface area contributed by atoms with Gasteiger partial charge in [-0.25, -0.2) is 13.8 Å². The van der Waals surface area contributed by atoms with Gasteiger partial charge in [-0.3, -0.25) is 19.2 Å². The lowest BCUT2D eigenvalue weighted by molar-refractivity contribution is -0.117. The van der Waals surface area contributed by atoms with Crippen LogP contribution in [-0.2, 0) is 11.2 Å². The van der Waals surface area contributed by atoms with Gasteiger partial charge in [0, 0.05) is 42.8 Å². The Balaban J connectivity index is 1.83. The molecule has 0 saturated heterocycles. The van der Waals surface area contributed by atoms with Gasteiger partial charge in [0.25, 0.3) is 11.5 Å². The van der Waals surface area contributed by atoms with Crippen LogP contribution in [0.4, 0.5) is 14.5 Å². The number of nitrogens with one attached hydrogen (secondary N) is 3. The Morgan fingerprint density at radius 1 is 0.977 bits per heavy atom. The molecule has 4 rings (SSSR count). The van der Waals surface area contributed by atoms with Crippen molar-refractivity contribution in [3.05, 3.63) is 116 Å². The zero-order valence-electron chi connectivity index (χ0n) is 24.3. The fourth-order valence-electron chi connectivity index (χ4n) is 4.48. The van der Waals surface area contributed by atoms with Crippen molar-refractivity contribution in [1.82, 2.24) is 20.2 Å². The average Bonchev–Trinajstić information content (AvgIpc) is 2.97. The zero-order valence-corrected chi connectivity index (χ0v) is 24.3. The molecule has 0 spiro atoms. The standard InChI is InChI=1S/C32H31F2N5O4/c1-17-24(7-6-8-25(17)32(43)39(4)5)29-36-26(27(31(42)38-29)37-30(41)18(2)35-3)15-19-13-21(16-23(34)14-19)28(40)20-9-11-22(33)12-10-20/h6-14,16,18,35H,15H2,1-5H3,(H,37,41)(H,36,38,42)/t18-/m0/s1. The fraction of sp³-hybridized carbons (Fsp3) is 0.219. The van der Waals surface area contributed by atoms with Gasteiger partial charge in [-0.15, -0.1) is 0 Å². The number of hydrogen-bond acceptors (Lipinski definition) is 6. The van der Waals surface area contributed by atoms with Gasteiger partial charge in [-0.05, 0) is 80.6 Å². The third-order valence-electron chi connectivity index (χ3n) is 6.99. The molecule has 4 aromatic rings. The lowest BCUT2D eigenvalue weighted by atomic mass is 9.98. The Morgan fingerprint density at radius 2 is 1.67 bits per heavy atom. The number of carbonyl (C=O) groups is 3. The van der Waals surface area contributed by atoms with E-state index in [1.54, 1.807) is 53.2 Å². The zero-order chi connectivity index (χ0) is 31.4.